The van der Waals surface area contributed by atoms with Crippen LogP contribution in [0.4, 0.5) is 0 Å². The minimum Gasteiger partial charge on any atom is -0.314 e. The van der Waals surface area contributed by atoms with Crippen LogP contribution in [0.5, 0.6) is 0 Å². The number of hydrogen-bond acceptors (Lipinski definition) is 1. The zero-order valence-corrected chi connectivity index (χ0v) is 7.15. The molecular weight excluding hydrogens is 122 g/mol. The van der Waals surface area contributed by atoms with Gasteiger partial charge in [-0.25, -0.2) is 0 Å². The van der Waals surface area contributed by atoms with Crippen LogP contribution in [0.3, 0.4) is 0 Å². The second-order valence-electron chi connectivity index (χ2n) is 3.26. The highest BCUT2D eigenvalue weighted by Crippen LogP contribution is 2.31. The molecular formula is C9H17N. The minimum atomic E-state index is 0.556. The van der Waals surface area contributed by atoms with Crippen LogP contribution in [0.15, 0.2) is 11.6 Å². The van der Waals surface area contributed by atoms with Gasteiger partial charge in [0.15, 0.2) is 0 Å². The normalized spacial score (nSPS) is 22.9. The van der Waals surface area contributed by atoms with Gasteiger partial charge in [-0.3, -0.25) is 0 Å². The summed E-state index contributed by atoms with van der Waals surface area (Å²) < 4.78 is 0. The van der Waals surface area contributed by atoms with Crippen molar-refractivity contribution in [3.05, 3.63) is 11.6 Å². The maximum Gasteiger partial charge on any atom is 0.0245 e. The lowest BCUT2D eigenvalue weighted by Gasteiger charge is -2.09. The first-order valence-electron chi connectivity index (χ1n) is 4.09. The fourth-order valence-electron chi connectivity index (χ4n) is 1.01. The van der Waals surface area contributed by atoms with E-state index >= 15 is 0 Å². The Morgan fingerprint density at radius 2 is 2.20 bits per heavy atom. The molecule has 1 rings (SSSR count). The van der Waals surface area contributed by atoms with Crippen LogP contribution in [-0.2, 0) is 0 Å². The standard InChI is InChI=1S/C9H17N/c1-7(8(2)10-3)6-9-4-5-9/h6,8-10H,4-5H2,1-3H3. The van der Waals surface area contributed by atoms with Gasteiger partial charge >= 0.3 is 0 Å². The molecule has 10 heavy (non-hydrogen) atoms. The zero-order chi connectivity index (χ0) is 7.56. The lowest BCUT2D eigenvalue weighted by Crippen LogP contribution is -2.22. The summed E-state index contributed by atoms with van der Waals surface area (Å²) in [4.78, 5) is 0. The fourth-order valence-corrected chi connectivity index (χ4v) is 1.01. The van der Waals surface area contributed by atoms with Crippen molar-refractivity contribution in [2.24, 2.45) is 5.92 Å². The number of hydrogen-bond donors (Lipinski definition) is 1. The smallest absolute Gasteiger partial charge is 0.0245 e. The predicted molar refractivity (Wildman–Crippen MR) is 45.0 cm³/mol. The van der Waals surface area contributed by atoms with E-state index in [0.29, 0.717) is 6.04 Å². The van der Waals surface area contributed by atoms with Crippen molar-refractivity contribution >= 4 is 0 Å². The summed E-state index contributed by atoms with van der Waals surface area (Å²) in [5.74, 6) is 0.913. The second-order valence-corrected chi connectivity index (χ2v) is 3.26. The van der Waals surface area contributed by atoms with Crippen LogP contribution < -0.4 is 5.32 Å². The van der Waals surface area contributed by atoms with Gasteiger partial charge in [-0.05, 0) is 39.7 Å². The summed E-state index contributed by atoms with van der Waals surface area (Å²) in [5.41, 5.74) is 1.49. The van der Waals surface area contributed by atoms with Crippen molar-refractivity contribution < 1.29 is 0 Å². The molecule has 0 radical (unpaired) electrons. The number of allylic oxidation sites excluding steroid dienone is 1. The summed E-state index contributed by atoms with van der Waals surface area (Å²) >= 11 is 0. The first kappa shape index (κ1) is 7.80. The zero-order valence-electron chi connectivity index (χ0n) is 7.15. The van der Waals surface area contributed by atoms with Gasteiger partial charge in [0.1, 0.15) is 0 Å². The molecule has 1 saturated carbocycles. The van der Waals surface area contributed by atoms with E-state index < -0.39 is 0 Å². The first-order valence-corrected chi connectivity index (χ1v) is 4.09. The van der Waals surface area contributed by atoms with Gasteiger partial charge < -0.3 is 5.32 Å². The van der Waals surface area contributed by atoms with Crippen LogP contribution in [0, 0.1) is 5.92 Å². The fraction of sp³-hybridized carbons (Fsp3) is 0.778. The van der Waals surface area contributed by atoms with Crippen molar-refractivity contribution in [2.75, 3.05) is 7.05 Å². The van der Waals surface area contributed by atoms with E-state index in [2.05, 4.69) is 25.2 Å². The third kappa shape index (κ3) is 2.14. The summed E-state index contributed by atoms with van der Waals surface area (Å²) in [6.07, 6.45) is 5.22. The molecule has 1 aliphatic rings. The summed E-state index contributed by atoms with van der Waals surface area (Å²) in [5, 5.41) is 3.23. The Bertz CT molecular complexity index is 134. The Hall–Kier alpha value is -0.300. The quantitative estimate of drug-likeness (QED) is 0.589. The molecule has 0 spiro atoms. The Kier molecular flexibility index (Phi) is 2.50. The molecule has 1 unspecified atom stereocenters. The molecule has 0 saturated heterocycles. The van der Waals surface area contributed by atoms with E-state index in [9.17, 15) is 0 Å². The largest absolute Gasteiger partial charge is 0.314 e. The lowest BCUT2D eigenvalue weighted by atomic mass is 10.1. The van der Waals surface area contributed by atoms with Gasteiger partial charge in [0.2, 0.25) is 0 Å². The third-order valence-electron chi connectivity index (χ3n) is 2.24. The molecule has 0 heterocycles. The first-order chi connectivity index (χ1) is 4.74. The van der Waals surface area contributed by atoms with Gasteiger partial charge in [0.05, 0.1) is 0 Å². The topological polar surface area (TPSA) is 12.0 Å². The molecule has 0 amide bonds. The number of rotatable bonds is 3. The Morgan fingerprint density at radius 3 is 2.60 bits per heavy atom. The van der Waals surface area contributed by atoms with E-state index in [0.717, 1.165) is 5.92 Å². The number of nitrogens with one attached hydrogen (secondary N) is 1. The maximum atomic E-state index is 3.23. The van der Waals surface area contributed by atoms with Crippen LogP contribution in [0.25, 0.3) is 0 Å². The van der Waals surface area contributed by atoms with Gasteiger partial charge in [-0.1, -0.05) is 11.6 Å². The SMILES string of the molecule is CNC(C)C(C)=CC1CC1. The van der Waals surface area contributed by atoms with Crippen molar-refractivity contribution in [1.29, 1.82) is 0 Å². The summed E-state index contributed by atoms with van der Waals surface area (Å²) in [6.45, 7) is 4.41. The highest BCUT2D eigenvalue weighted by molar-refractivity contribution is 5.10. The Labute approximate surface area is 63.5 Å². The molecule has 0 aromatic carbocycles. The molecule has 1 atom stereocenters. The molecule has 1 aliphatic carbocycles. The Morgan fingerprint density at radius 1 is 1.60 bits per heavy atom. The van der Waals surface area contributed by atoms with Crippen molar-refractivity contribution in [1.82, 2.24) is 5.32 Å². The van der Waals surface area contributed by atoms with E-state index in [-0.39, 0.29) is 0 Å². The van der Waals surface area contributed by atoms with Gasteiger partial charge in [0.25, 0.3) is 0 Å². The van der Waals surface area contributed by atoms with Gasteiger partial charge in [-0.2, -0.15) is 0 Å². The molecule has 1 N–H and O–H groups in total. The molecule has 0 aromatic heterocycles. The van der Waals surface area contributed by atoms with Crippen LogP contribution in [0.1, 0.15) is 26.7 Å². The van der Waals surface area contributed by atoms with Crippen molar-refractivity contribution in [3.63, 3.8) is 0 Å². The average Bonchev–Trinajstić information content (AvgIpc) is 2.70. The monoisotopic (exact) mass is 139 g/mol. The van der Waals surface area contributed by atoms with E-state index in [4.69, 9.17) is 0 Å². The summed E-state index contributed by atoms with van der Waals surface area (Å²) in [7, 11) is 2.01. The highest BCUT2D eigenvalue weighted by atomic mass is 14.9. The van der Waals surface area contributed by atoms with Crippen LogP contribution in [-0.4, -0.2) is 13.1 Å². The summed E-state index contributed by atoms with van der Waals surface area (Å²) in [6, 6.07) is 0.556. The second kappa shape index (κ2) is 3.20. The van der Waals surface area contributed by atoms with Gasteiger partial charge in [-0.15, -0.1) is 0 Å². The average molecular weight is 139 g/mol. The molecule has 0 aliphatic heterocycles. The van der Waals surface area contributed by atoms with Crippen molar-refractivity contribution in [3.8, 4) is 0 Å². The minimum absolute atomic E-state index is 0.556. The van der Waals surface area contributed by atoms with Crippen molar-refractivity contribution in [2.45, 2.75) is 32.7 Å². The maximum absolute atomic E-state index is 3.23. The third-order valence-corrected chi connectivity index (χ3v) is 2.24. The predicted octanol–water partition coefficient (Wildman–Crippen LogP) is 1.95. The molecule has 1 nitrogen and oxygen atoms in total. The van der Waals surface area contributed by atoms with E-state index in [1.807, 2.05) is 7.05 Å². The molecule has 0 bridgehead atoms. The molecule has 1 heteroatoms. The molecule has 1 fully saturated rings. The molecule has 0 aromatic rings. The Balaban J connectivity index is 2.36. The van der Waals surface area contributed by atoms with Gasteiger partial charge in [0, 0.05) is 6.04 Å². The van der Waals surface area contributed by atoms with E-state index in [1.165, 1.54) is 18.4 Å². The lowest BCUT2D eigenvalue weighted by molar-refractivity contribution is 0.687. The highest BCUT2D eigenvalue weighted by Gasteiger charge is 2.18. The number of likely N-dealkylation sites (N-methyl/N-ethyl adjacent to an activating group) is 1. The van der Waals surface area contributed by atoms with Crippen LogP contribution in [0.2, 0.25) is 0 Å². The van der Waals surface area contributed by atoms with Crippen LogP contribution >= 0.6 is 0 Å². The van der Waals surface area contributed by atoms with E-state index in [1.54, 1.807) is 0 Å². The molecule has 58 valence electrons.